The number of benzene rings is 1. The number of nitrogens with two attached hydrogens (primary N) is 1. The molecule has 3 aromatic heterocycles. The van der Waals surface area contributed by atoms with Crippen LogP contribution in [-0.2, 0) is 16.0 Å². The Morgan fingerprint density at radius 1 is 0.531 bits per heavy atom. The molecule has 32 heavy (non-hydrogen) atoms. The number of H-pyrrole nitrogens is 2. The molecule has 2 aliphatic rings. The number of nitrogens with zero attached hydrogens (tertiary/aromatic N) is 2. The quantitative estimate of drug-likeness (QED) is 0.219. The van der Waals surface area contributed by atoms with Gasteiger partial charge in [-0.2, -0.15) is 0 Å². The van der Waals surface area contributed by atoms with Gasteiger partial charge in [-0.3, -0.25) is 0 Å². The van der Waals surface area contributed by atoms with E-state index in [0.29, 0.717) is 0 Å². The maximum atomic E-state index is 5.41. The molecular formula is C26H20MnN5. The van der Waals surface area contributed by atoms with Gasteiger partial charge in [0.15, 0.2) is 0 Å². The average molecular weight is 457 g/mol. The minimum absolute atomic E-state index is 0.799. The Labute approximate surface area is 193 Å². The number of hydrogen-bond donors (Lipinski definition) is 3. The van der Waals surface area contributed by atoms with Crippen LogP contribution in [0.2, 0.25) is 0 Å². The monoisotopic (exact) mass is 457 g/mol. The Bertz CT molecular complexity index is 1290. The summed E-state index contributed by atoms with van der Waals surface area (Å²) < 4.78 is 1.06. The number of fused-ring (bicyclic) bond motifs is 8. The third-order valence-corrected chi connectivity index (χ3v) is 5.31. The van der Waals surface area contributed by atoms with Crippen molar-refractivity contribution in [1.82, 2.24) is 19.9 Å². The molecule has 0 atom stereocenters. The van der Waals surface area contributed by atoms with Crippen LogP contribution in [0.4, 0.5) is 5.69 Å². The fraction of sp³-hybridized carbons (Fsp3) is 0. The van der Waals surface area contributed by atoms with Crippen LogP contribution in [0, 0.1) is 0 Å². The van der Waals surface area contributed by atoms with E-state index < -0.39 is 0 Å². The first-order valence-electron chi connectivity index (χ1n) is 10.1. The Morgan fingerprint density at radius 3 is 1.19 bits per heavy atom. The van der Waals surface area contributed by atoms with Crippen molar-refractivity contribution in [3.63, 3.8) is 0 Å². The van der Waals surface area contributed by atoms with Gasteiger partial charge in [0.25, 0.3) is 0 Å². The van der Waals surface area contributed by atoms with E-state index in [4.69, 9.17) is 5.73 Å². The van der Waals surface area contributed by atoms with Crippen molar-refractivity contribution >= 4 is 56.5 Å². The summed E-state index contributed by atoms with van der Waals surface area (Å²) in [4.78, 5) is 16.0. The first kappa shape index (κ1) is 20.1. The second-order valence-electron chi connectivity index (χ2n) is 7.46. The van der Waals surface area contributed by atoms with Crippen molar-refractivity contribution in [2.24, 2.45) is 0 Å². The van der Waals surface area contributed by atoms with Crippen molar-refractivity contribution in [1.29, 1.82) is 0 Å². The molecule has 0 spiro atoms. The van der Waals surface area contributed by atoms with Gasteiger partial charge in [-0.15, -0.1) is 0 Å². The normalized spacial score (nSPS) is 11.8. The molecule has 0 aliphatic carbocycles. The molecular weight excluding hydrogens is 437 g/mol. The summed E-state index contributed by atoms with van der Waals surface area (Å²) in [6, 6.07) is 23.9. The van der Waals surface area contributed by atoms with Gasteiger partial charge in [-0.05, 0) is 72.8 Å². The summed E-state index contributed by atoms with van der Waals surface area (Å²) in [6.45, 7) is 0. The van der Waals surface area contributed by atoms with E-state index >= 15 is 0 Å². The maximum absolute atomic E-state index is 5.41. The summed E-state index contributed by atoms with van der Waals surface area (Å²) >= 11 is 3.29. The molecule has 1 aromatic carbocycles. The van der Waals surface area contributed by atoms with Gasteiger partial charge in [0.05, 0.1) is 22.8 Å². The average Bonchev–Trinajstić information content (AvgIpc) is 3.57. The molecule has 6 heteroatoms. The molecule has 6 rings (SSSR count). The molecule has 8 bridgehead atoms. The topological polar surface area (TPSA) is 83.4 Å². The van der Waals surface area contributed by atoms with Crippen molar-refractivity contribution < 1.29 is 16.0 Å². The second-order valence-corrected chi connectivity index (χ2v) is 8.14. The molecule has 4 aromatic rings. The summed E-state index contributed by atoms with van der Waals surface area (Å²) in [5.74, 6) is 0. The zero-order valence-corrected chi connectivity index (χ0v) is 18.3. The van der Waals surface area contributed by atoms with Gasteiger partial charge in [0.1, 0.15) is 0 Å². The molecule has 0 saturated heterocycles. The van der Waals surface area contributed by atoms with E-state index in [1.807, 2.05) is 72.8 Å². The Balaban J connectivity index is 0.000000230. The number of aromatic amines is 2. The van der Waals surface area contributed by atoms with E-state index in [1.165, 1.54) is 0 Å². The molecule has 0 fully saturated rings. The summed E-state index contributed by atoms with van der Waals surface area (Å²) in [5.41, 5.74) is 14.1. The van der Waals surface area contributed by atoms with Gasteiger partial charge in [0.2, 0.25) is 0 Å². The molecule has 156 valence electrons. The van der Waals surface area contributed by atoms with Crippen LogP contribution in [0.15, 0.2) is 72.8 Å². The molecule has 4 N–H and O–H groups in total. The number of nitrogen functional groups attached to an aromatic ring is 1. The van der Waals surface area contributed by atoms with Crippen molar-refractivity contribution in [3.05, 3.63) is 95.6 Å². The fourth-order valence-corrected chi connectivity index (χ4v) is 3.60. The van der Waals surface area contributed by atoms with E-state index in [0.717, 1.165) is 55.0 Å². The zero-order valence-electron chi connectivity index (χ0n) is 17.1. The van der Waals surface area contributed by atoms with Crippen LogP contribution in [-0.4, -0.2) is 19.9 Å². The molecule has 5 heterocycles. The SMILES string of the molecule is C1=Cc2cc3ccc(cc4nc(cc5ccc(cc1n2)[nH]5)C=C4)[nH]3.Nc1cc[c]([Mn])cc1. The standard InChI is InChI=1S/C20H14N4.C6H6N.Mn/c1-2-14-10-16-5-6-18(23-16)12-20-8-7-19(24-20)11-17-4-3-15(22-17)9-13(1)21-14;7-6-4-2-1-3-5-6;/h1-12,21,24H;2-5H,7H2;. The van der Waals surface area contributed by atoms with Crippen LogP contribution in [0.5, 0.6) is 0 Å². The van der Waals surface area contributed by atoms with E-state index in [2.05, 4.69) is 60.2 Å². The third kappa shape index (κ3) is 4.89. The van der Waals surface area contributed by atoms with Crippen molar-refractivity contribution in [3.8, 4) is 0 Å². The summed E-state index contributed by atoms with van der Waals surface area (Å²) in [6.07, 6.45) is 8.09. The zero-order chi connectivity index (χ0) is 21.9. The van der Waals surface area contributed by atoms with E-state index in [1.54, 1.807) is 0 Å². The van der Waals surface area contributed by atoms with E-state index in [-0.39, 0.29) is 0 Å². The Morgan fingerprint density at radius 2 is 0.875 bits per heavy atom. The van der Waals surface area contributed by atoms with Gasteiger partial charge >= 0.3 is 56.2 Å². The molecule has 0 unspecified atom stereocenters. The van der Waals surface area contributed by atoms with Gasteiger partial charge in [0, 0.05) is 22.1 Å². The van der Waals surface area contributed by atoms with Crippen molar-refractivity contribution in [2.45, 2.75) is 0 Å². The molecule has 0 amide bonds. The number of rotatable bonds is 0. The molecule has 5 nitrogen and oxygen atoms in total. The predicted molar refractivity (Wildman–Crippen MR) is 129 cm³/mol. The molecule has 2 aliphatic heterocycles. The van der Waals surface area contributed by atoms with Gasteiger partial charge < -0.3 is 9.97 Å². The van der Waals surface area contributed by atoms with Crippen LogP contribution in [0.3, 0.4) is 0 Å². The minimum atomic E-state index is 0.799. The van der Waals surface area contributed by atoms with Crippen LogP contribution in [0.25, 0.3) is 46.4 Å². The summed E-state index contributed by atoms with van der Waals surface area (Å²) in [5, 5.41) is 0. The van der Waals surface area contributed by atoms with Gasteiger partial charge in [-0.1, -0.05) is 0 Å². The van der Waals surface area contributed by atoms with Gasteiger partial charge in [-0.25, -0.2) is 9.97 Å². The number of aromatic nitrogens is 4. The summed E-state index contributed by atoms with van der Waals surface area (Å²) in [7, 11) is 0. The Hall–Kier alpha value is -3.86. The fourth-order valence-electron chi connectivity index (χ4n) is 3.41. The van der Waals surface area contributed by atoms with Crippen molar-refractivity contribution in [2.75, 3.05) is 5.73 Å². The Kier molecular flexibility index (Phi) is 5.46. The molecule has 0 saturated carbocycles. The number of nitrogens with one attached hydrogen (secondary N) is 2. The van der Waals surface area contributed by atoms with Crippen LogP contribution < -0.4 is 10.2 Å². The second kappa shape index (κ2) is 8.71. The van der Waals surface area contributed by atoms with Crippen LogP contribution in [0.1, 0.15) is 22.8 Å². The predicted octanol–water partition coefficient (Wildman–Crippen LogP) is 5.10. The molecule has 0 radical (unpaired) electrons. The van der Waals surface area contributed by atoms with Crippen LogP contribution >= 0.6 is 0 Å². The first-order chi connectivity index (χ1) is 15.6. The number of hydrogen-bond acceptors (Lipinski definition) is 3. The first-order valence-corrected chi connectivity index (χ1v) is 10.7. The van der Waals surface area contributed by atoms with E-state index in [9.17, 15) is 0 Å². The number of anilines is 1. The third-order valence-electron chi connectivity index (χ3n) is 4.91.